The molecule has 2 bridgehead atoms. The second kappa shape index (κ2) is 10.9. The van der Waals surface area contributed by atoms with Crippen LogP contribution in [0.25, 0.3) is 0 Å². The fourth-order valence-electron chi connectivity index (χ4n) is 7.35. The number of anilines is 1. The standard InChI is InChI=1S/C33H41ClN2O5S/c1-21-6-12-29(37)26-10-7-24(26)17-36-18-33(14-4-5-22-15-25(34)9-11-27(22)33)19-41-30-13-8-23(16-28(30)36)31(38)35-42(39,40)20-32(21,2)3/h6,8-9,11-13,15-16,21,24,26,29,37H,4-5,7,10,14,17-20H2,1-3H3,(H,35,38)/b12-6+/t21-,24+,26-,29+,33+/m1/s1. The number of halogens is 1. The molecule has 0 unspecified atom stereocenters. The van der Waals surface area contributed by atoms with Crippen LogP contribution in [0.1, 0.15) is 67.9 Å². The predicted molar refractivity (Wildman–Crippen MR) is 166 cm³/mol. The number of ether oxygens (including phenoxy) is 1. The Labute approximate surface area is 254 Å². The van der Waals surface area contributed by atoms with Gasteiger partial charge in [-0.15, -0.1) is 0 Å². The number of nitrogens with one attached hydrogen (secondary N) is 1. The first-order chi connectivity index (χ1) is 19.9. The molecule has 2 heterocycles. The van der Waals surface area contributed by atoms with Gasteiger partial charge in [-0.3, -0.25) is 4.79 Å². The van der Waals surface area contributed by atoms with E-state index < -0.39 is 27.4 Å². The zero-order valence-electron chi connectivity index (χ0n) is 24.6. The van der Waals surface area contributed by atoms with Gasteiger partial charge in [0.05, 0.1) is 24.2 Å². The van der Waals surface area contributed by atoms with Crippen LogP contribution in [-0.4, -0.2) is 51.0 Å². The molecule has 2 aliphatic carbocycles. The third-order valence-electron chi connectivity index (χ3n) is 10.3. The Hall–Kier alpha value is -2.55. The number of fused-ring (bicyclic) bond motifs is 4. The Bertz CT molecular complexity index is 1520. The van der Waals surface area contributed by atoms with Crippen molar-refractivity contribution < 1.29 is 23.1 Å². The van der Waals surface area contributed by atoms with Crippen molar-refractivity contribution in [3.63, 3.8) is 0 Å². The van der Waals surface area contributed by atoms with Crippen molar-refractivity contribution in [2.24, 2.45) is 23.2 Å². The lowest BCUT2D eigenvalue weighted by atomic mass is 9.68. The topological polar surface area (TPSA) is 95.9 Å². The molecule has 42 heavy (non-hydrogen) atoms. The van der Waals surface area contributed by atoms with Crippen molar-refractivity contribution in [1.29, 1.82) is 0 Å². The lowest BCUT2D eigenvalue weighted by Gasteiger charge is -2.45. The van der Waals surface area contributed by atoms with E-state index in [1.54, 1.807) is 18.2 Å². The Morgan fingerprint density at radius 1 is 1.12 bits per heavy atom. The molecule has 2 N–H and O–H groups in total. The molecule has 1 amide bonds. The van der Waals surface area contributed by atoms with E-state index in [0.29, 0.717) is 25.4 Å². The van der Waals surface area contributed by atoms with Crippen molar-refractivity contribution in [3.8, 4) is 5.75 Å². The Kier molecular flexibility index (Phi) is 7.64. The van der Waals surface area contributed by atoms with E-state index >= 15 is 0 Å². The number of carbonyl (C=O) groups excluding carboxylic acids is 1. The molecule has 1 fully saturated rings. The van der Waals surface area contributed by atoms with Gasteiger partial charge in [-0.1, -0.05) is 50.6 Å². The van der Waals surface area contributed by atoms with Gasteiger partial charge in [0.15, 0.2) is 0 Å². The molecule has 0 radical (unpaired) electrons. The highest BCUT2D eigenvalue weighted by atomic mass is 35.5. The van der Waals surface area contributed by atoms with Gasteiger partial charge >= 0.3 is 0 Å². The number of allylic oxidation sites excluding steroid dienone is 1. The Balaban J connectivity index is 1.42. The van der Waals surface area contributed by atoms with E-state index in [-0.39, 0.29) is 34.5 Å². The molecular formula is C33H41ClN2O5S. The van der Waals surface area contributed by atoms with Crippen LogP contribution in [0.2, 0.25) is 5.02 Å². The van der Waals surface area contributed by atoms with Crippen LogP contribution in [0.15, 0.2) is 48.6 Å². The predicted octanol–water partition coefficient (Wildman–Crippen LogP) is 5.49. The molecule has 7 nitrogen and oxygen atoms in total. The van der Waals surface area contributed by atoms with Crippen LogP contribution in [-0.2, 0) is 21.9 Å². The summed E-state index contributed by atoms with van der Waals surface area (Å²) in [6.45, 7) is 7.60. The van der Waals surface area contributed by atoms with Crippen LogP contribution in [0.5, 0.6) is 5.75 Å². The summed E-state index contributed by atoms with van der Waals surface area (Å²) in [5.41, 5.74) is 2.67. The molecule has 6 rings (SSSR count). The van der Waals surface area contributed by atoms with E-state index in [4.69, 9.17) is 16.3 Å². The lowest BCUT2D eigenvalue weighted by Crippen LogP contribution is -2.49. The van der Waals surface area contributed by atoms with Crippen LogP contribution >= 0.6 is 11.6 Å². The highest BCUT2D eigenvalue weighted by Crippen LogP contribution is 2.47. The summed E-state index contributed by atoms with van der Waals surface area (Å²) in [7, 11) is -3.92. The molecule has 9 heteroatoms. The van der Waals surface area contributed by atoms with Crippen molar-refractivity contribution in [2.75, 3.05) is 30.3 Å². The van der Waals surface area contributed by atoms with E-state index in [1.807, 2.05) is 39.0 Å². The van der Waals surface area contributed by atoms with Crippen LogP contribution in [0.4, 0.5) is 5.69 Å². The van der Waals surface area contributed by atoms with E-state index in [9.17, 15) is 18.3 Å². The quantitative estimate of drug-likeness (QED) is 0.382. The number of hydrogen-bond acceptors (Lipinski definition) is 6. The monoisotopic (exact) mass is 612 g/mol. The highest BCUT2D eigenvalue weighted by Gasteiger charge is 2.44. The van der Waals surface area contributed by atoms with E-state index in [0.717, 1.165) is 42.8 Å². The maximum absolute atomic E-state index is 13.3. The summed E-state index contributed by atoms with van der Waals surface area (Å²) >= 11 is 6.39. The number of carbonyl (C=O) groups is 1. The van der Waals surface area contributed by atoms with E-state index in [2.05, 4.69) is 21.8 Å². The third kappa shape index (κ3) is 5.58. The Morgan fingerprint density at radius 2 is 1.93 bits per heavy atom. The third-order valence-corrected chi connectivity index (χ3v) is 12.2. The molecule has 2 aliphatic heterocycles. The average Bonchev–Trinajstić information content (AvgIpc) is 3.05. The fraction of sp³-hybridized carbons (Fsp3) is 0.545. The zero-order valence-corrected chi connectivity index (χ0v) is 26.2. The molecular weight excluding hydrogens is 572 g/mol. The largest absolute Gasteiger partial charge is 0.490 e. The van der Waals surface area contributed by atoms with E-state index in [1.165, 1.54) is 11.1 Å². The average molecular weight is 613 g/mol. The second-order valence-corrected chi connectivity index (χ2v) is 15.8. The summed E-state index contributed by atoms with van der Waals surface area (Å²) in [4.78, 5) is 15.7. The molecule has 5 atom stereocenters. The molecule has 1 saturated carbocycles. The highest BCUT2D eigenvalue weighted by molar-refractivity contribution is 7.90. The molecule has 2 aromatic carbocycles. The SMILES string of the molecule is C[C@@H]1/C=C/[C@H](O)[C@@H]2CC[C@H]2CN2C[C@@]3(CCCc4cc(Cl)ccc43)COc3ccc(cc32)C(=O)NS(=O)(=O)CC1(C)C. The van der Waals surface area contributed by atoms with Crippen molar-refractivity contribution in [2.45, 2.75) is 64.4 Å². The van der Waals surface area contributed by atoms with Gasteiger partial charge < -0.3 is 14.7 Å². The van der Waals surface area contributed by atoms with Gasteiger partial charge in [0.1, 0.15) is 5.75 Å². The number of rotatable bonds is 0. The summed E-state index contributed by atoms with van der Waals surface area (Å²) in [6, 6.07) is 11.4. The minimum absolute atomic E-state index is 0.112. The van der Waals surface area contributed by atoms with Gasteiger partial charge in [-0.05, 0) is 96.7 Å². The summed E-state index contributed by atoms with van der Waals surface area (Å²) in [5, 5.41) is 12.0. The number of nitrogens with zero attached hydrogens (tertiary/aromatic N) is 1. The van der Waals surface area contributed by atoms with Gasteiger partial charge in [-0.25, -0.2) is 13.1 Å². The van der Waals surface area contributed by atoms with Crippen molar-refractivity contribution >= 4 is 33.2 Å². The first kappa shape index (κ1) is 29.5. The number of sulfonamides is 1. The first-order valence-corrected chi connectivity index (χ1v) is 17.1. The zero-order chi connectivity index (χ0) is 29.9. The van der Waals surface area contributed by atoms with Gasteiger partial charge in [-0.2, -0.15) is 0 Å². The summed E-state index contributed by atoms with van der Waals surface area (Å²) in [5.74, 6) is 0.0809. The van der Waals surface area contributed by atoms with Gasteiger partial charge in [0.2, 0.25) is 10.0 Å². The van der Waals surface area contributed by atoms with Crippen molar-refractivity contribution in [3.05, 3.63) is 70.3 Å². The molecule has 226 valence electrons. The molecule has 0 aromatic heterocycles. The fourth-order valence-corrected chi connectivity index (χ4v) is 9.26. The number of aryl methyl sites for hydroxylation is 1. The molecule has 1 spiro atoms. The second-order valence-electron chi connectivity index (χ2n) is 13.6. The molecule has 0 saturated heterocycles. The minimum Gasteiger partial charge on any atom is -0.490 e. The number of amides is 1. The van der Waals surface area contributed by atoms with Crippen molar-refractivity contribution in [1.82, 2.24) is 4.72 Å². The van der Waals surface area contributed by atoms with Gasteiger partial charge in [0.25, 0.3) is 5.91 Å². The summed E-state index contributed by atoms with van der Waals surface area (Å²) in [6.07, 6.45) is 8.09. The maximum Gasteiger partial charge on any atom is 0.264 e. The number of aliphatic hydroxyl groups excluding tert-OH is 1. The lowest BCUT2D eigenvalue weighted by molar-refractivity contribution is 0.0452. The number of aliphatic hydroxyl groups is 1. The first-order valence-electron chi connectivity index (χ1n) is 15.1. The normalized spacial score (nSPS) is 32.8. The van der Waals surface area contributed by atoms with Gasteiger partial charge in [0, 0.05) is 29.1 Å². The molecule has 2 aromatic rings. The number of benzene rings is 2. The summed E-state index contributed by atoms with van der Waals surface area (Å²) < 4.78 is 35.1. The maximum atomic E-state index is 13.3. The Morgan fingerprint density at radius 3 is 2.69 bits per heavy atom. The van der Waals surface area contributed by atoms with Crippen LogP contribution in [0.3, 0.4) is 0 Å². The number of hydrogen-bond donors (Lipinski definition) is 2. The smallest absolute Gasteiger partial charge is 0.264 e. The van der Waals surface area contributed by atoms with Crippen LogP contribution < -0.4 is 14.4 Å². The minimum atomic E-state index is -3.92. The van der Waals surface area contributed by atoms with Crippen LogP contribution in [0, 0.1) is 23.2 Å². The molecule has 4 aliphatic rings.